The number of anilines is 1. The van der Waals surface area contributed by atoms with Gasteiger partial charge in [0.1, 0.15) is 5.69 Å². The van der Waals surface area contributed by atoms with Crippen LogP contribution in [0.3, 0.4) is 0 Å². The molecule has 0 saturated carbocycles. The number of sulfonamides is 1. The summed E-state index contributed by atoms with van der Waals surface area (Å²) in [5, 5.41) is 4.03. The van der Waals surface area contributed by atoms with Crippen LogP contribution in [0.15, 0.2) is 64.2 Å². The Kier molecular flexibility index (Phi) is 4.11. The van der Waals surface area contributed by atoms with Crippen LogP contribution in [0.4, 0.5) is 5.69 Å². The quantitative estimate of drug-likeness (QED) is 0.770. The summed E-state index contributed by atoms with van der Waals surface area (Å²) in [6.45, 7) is 1.84. The van der Waals surface area contributed by atoms with Crippen molar-refractivity contribution >= 4 is 27.3 Å². The van der Waals surface area contributed by atoms with Crippen LogP contribution in [0.1, 0.15) is 5.56 Å². The summed E-state index contributed by atoms with van der Waals surface area (Å²) in [6, 6.07) is 15.5. The molecule has 0 saturated heterocycles. The van der Waals surface area contributed by atoms with Crippen molar-refractivity contribution in [1.29, 1.82) is 0 Å². The minimum absolute atomic E-state index is 0.256. The van der Waals surface area contributed by atoms with Gasteiger partial charge in [-0.25, -0.2) is 0 Å². The Morgan fingerprint density at radius 2 is 1.83 bits per heavy atom. The highest BCUT2D eigenvalue weighted by atomic mass is 35.5. The molecule has 23 heavy (non-hydrogen) atoms. The van der Waals surface area contributed by atoms with E-state index in [2.05, 4.69) is 9.88 Å². The smallest absolute Gasteiger partial charge is 0.298 e. The third-order valence-corrected chi connectivity index (χ3v) is 4.88. The predicted molar refractivity (Wildman–Crippen MR) is 88.9 cm³/mol. The molecule has 0 aliphatic carbocycles. The highest BCUT2D eigenvalue weighted by Crippen LogP contribution is 2.25. The fraction of sp³-hybridized carbons (Fsp3) is 0.0625. The minimum Gasteiger partial charge on any atom is -0.342 e. The van der Waals surface area contributed by atoms with Gasteiger partial charge in [0, 0.05) is 16.7 Å². The lowest BCUT2D eigenvalue weighted by molar-refractivity contribution is 0.341. The van der Waals surface area contributed by atoms with Gasteiger partial charge in [0.2, 0.25) is 0 Å². The van der Waals surface area contributed by atoms with Crippen LogP contribution < -0.4 is 4.72 Å². The van der Waals surface area contributed by atoms with Crippen molar-refractivity contribution in [2.75, 3.05) is 4.72 Å². The molecule has 2 aromatic carbocycles. The second kappa shape index (κ2) is 6.06. The van der Waals surface area contributed by atoms with E-state index in [4.69, 9.17) is 16.1 Å². The zero-order valence-corrected chi connectivity index (χ0v) is 13.7. The molecule has 3 aromatic rings. The van der Waals surface area contributed by atoms with Gasteiger partial charge in [-0.05, 0) is 24.6 Å². The minimum atomic E-state index is -3.87. The summed E-state index contributed by atoms with van der Waals surface area (Å²) >= 11 is 6.00. The van der Waals surface area contributed by atoms with Crippen molar-refractivity contribution in [3.8, 4) is 11.3 Å². The molecule has 0 spiro atoms. The Morgan fingerprint density at radius 3 is 2.52 bits per heavy atom. The molecule has 0 aliphatic heterocycles. The van der Waals surface area contributed by atoms with E-state index in [0.717, 1.165) is 11.1 Å². The van der Waals surface area contributed by atoms with Gasteiger partial charge < -0.3 is 4.52 Å². The van der Waals surface area contributed by atoms with Crippen LogP contribution in [-0.2, 0) is 10.0 Å². The maximum Gasteiger partial charge on any atom is 0.298 e. The fourth-order valence-corrected chi connectivity index (χ4v) is 3.11. The van der Waals surface area contributed by atoms with E-state index in [1.54, 1.807) is 18.2 Å². The second-order valence-corrected chi connectivity index (χ2v) is 6.99. The molecule has 0 atom stereocenters. The molecule has 1 aromatic heterocycles. The number of hydrogen-bond donors (Lipinski definition) is 1. The number of aryl methyl sites for hydroxylation is 1. The first-order chi connectivity index (χ1) is 11.0. The first-order valence-corrected chi connectivity index (χ1v) is 8.63. The van der Waals surface area contributed by atoms with Crippen molar-refractivity contribution in [2.24, 2.45) is 0 Å². The van der Waals surface area contributed by atoms with E-state index in [0.29, 0.717) is 16.4 Å². The molecule has 0 fully saturated rings. The molecule has 0 radical (unpaired) electrons. The van der Waals surface area contributed by atoms with Gasteiger partial charge in [-0.2, -0.15) is 8.42 Å². The molecule has 3 rings (SSSR count). The van der Waals surface area contributed by atoms with E-state index in [1.165, 1.54) is 6.07 Å². The third kappa shape index (κ3) is 3.38. The van der Waals surface area contributed by atoms with Crippen molar-refractivity contribution in [1.82, 2.24) is 5.16 Å². The third-order valence-electron chi connectivity index (χ3n) is 3.25. The van der Waals surface area contributed by atoms with E-state index in [1.807, 2.05) is 37.3 Å². The lowest BCUT2D eigenvalue weighted by atomic mass is 10.2. The molecule has 0 bridgehead atoms. The summed E-state index contributed by atoms with van der Waals surface area (Å²) < 4.78 is 32.1. The van der Waals surface area contributed by atoms with Gasteiger partial charge in [-0.1, -0.05) is 53.2 Å². The van der Waals surface area contributed by atoms with E-state index < -0.39 is 10.0 Å². The molecule has 1 N–H and O–H groups in total. The van der Waals surface area contributed by atoms with Gasteiger partial charge in [-0.15, -0.1) is 0 Å². The van der Waals surface area contributed by atoms with E-state index >= 15 is 0 Å². The monoisotopic (exact) mass is 348 g/mol. The Morgan fingerprint density at radius 1 is 1.09 bits per heavy atom. The zero-order chi connectivity index (χ0) is 16.4. The highest BCUT2D eigenvalue weighted by molar-refractivity contribution is 7.92. The zero-order valence-electron chi connectivity index (χ0n) is 12.2. The van der Waals surface area contributed by atoms with E-state index in [-0.39, 0.29) is 5.09 Å². The highest BCUT2D eigenvalue weighted by Gasteiger charge is 2.21. The number of hydrogen-bond acceptors (Lipinski definition) is 4. The summed E-state index contributed by atoms with van der Waals surface area (Å²) in [7, 11) is -3.87. The van der Waals surface area contributed by atoms with E-state index in [9.17, 15) is 8.42 Å². The summed E-state index contributed by atoms with van der Waals surface area (Å²) in [4.78, 5) is 0. The van der Waals surface area contributed by atoms with Crippen molar-refractivity contribution < 1.29 is 12.9 Å². The van der Waals surface area contributed by atoms with Gasteiger partial charge in [-0.3, -0.25) is 4.72 Å². The average Bonchev–Trinajstić information content (AvgIpc) is 3.02. The molecular formula is C16H13ClN2O3S. The van der Waals surface area contributed by atoms with Crippen molar-refractivity contribution in [3.63, 3.8) is 0 Å². The first kappa shape index (κ1) is 15.6. The Hall–Kier alpha value is -2.31. The lowest BCUT2D eigenvalue weighted by Gasteiger charge is -2.06. The van der Waals surface area contributed by atoms with Gasteiger partial charge in [0.05, 0.1) is 5.69 Å². The molecule has 0 aliphatic rings. The molecule has 7 heteroatoms. The molecule has 0 unspecified atom stereocenters. The van der Waals surface area contributed by atoms with Crippen molar-refractivity contribution in [2.45, 2.75) is 12.0 Å². The second-order valence-electron chi connectivity index (χ2n) is 4.97. The van der Waals surface area contributed by atoms with Crippen LogP contribution in [0.5, 0.6) is 0 Å². The summed E-state index contributed by atoms with van der Waals surface area (Å²) in [6.07, 6.45) is 0. The van der Waals surface area contributed by atoms with Crippen LogP contribution in [-0.4, -0.2) is 13.6 Å². The number of benzene rings is 2. The number of nitrogens with one attached hydrogen (secondary N) is 1. The maximum atomic E-state index is 12.4. The first-order valence-electron chi connectivity index (χ1n) is 6.77. The summed E-state index contributed by atoms with van der Waals surface area (Å²) in [5.74, 6) is 0. The van der Waals surface area contributed by atoms with Crippen LogP contribution in [0, 0.1) is 6.92 Å². The molecule has 118 valence electrons. The topological polar surface area (TPSA) is 72.2 Å². The standard InChI is InChI=1S/C16H13ClN2O3S/c1-11-7-8-13(9-14(11)17)19-23(20,21)16-10-15(18-22-16)12-5-3-2-4-6-12/h2-10,19H,1H3. The molecule has 0 amide bonds. The predicted octanol–water partition coefficient (Wildman–Crippen LogP) is 4.10. The van der Waals surface area contributed by atoms with Gasteiger partial charge >= 0.3 is 0 Å². The number of rotatable bonds is 4. The lowest BCUT2D eigenvalue weighted by Crippen LogP contribution is -2.12. The van der Waals surface area contributed by atoms with Crippen LogP contribution in [0.2, 0.25) is 5.02 Å². The van der Waals surface area contributed by atoms with Crippen LogP contribution >= 0.6 is 11.6 Å². The molecule has 5 nitrogen and oxygen atoms in total. The Bertz CT molecular complexity index is 937. The van der Waals surface area contributed by atoms with Gasteiger partial charge in [0.25, 0.3) is 15.1 Å². The van der Waals surface area contributed by atoms with Crippen LogP contribution in [0.25, 0.3) is 11.3 Å². The largest absolute Gasteiger partial charge is 0.342 e. The maximum absolute atomic E-state index is 12.4. The SMILES string of the molecule is Cc1ccc(NS(=O)(=O)c2cc(-c3ccccc3)no2)cc1Cl. The molecule has 1 heterocycles. The normalized spacial score (nSPS) is 11.4. The van der Waals surface area contributed by atoms with Crippen molar-refractivity contribution in [3.05, 3.63) is 65.2 Å². The summed E-state index contributed by atoms with van der Waals surface area (Å²) in [5.41, 5.74) is 2.45. The van der Waals surface area contributed by atoms with Gasteiger partial charge in [0.15, 0.2) is 0 Å². The number of nitrogens with zero attached hydrogens (tertiary/aromatic N) is 1. The number of halogens is 1. The Balaban J connectivity index is 1.88. The Labute approximate surface area is 138 Å². The average molecular weight is 349 g/mol. The fourth-order valence-electron chi connectivity index (χ4n) is 1.99. The number of aromatic nitrogens is 1. The molecular weight excluding hydrogens is 336 g/mol.